The molecule has 0 aliphatic carbocycles. The van der Waals surface area contributed by atoms with E-state index in [1.54, 1.807) is 23.7 Å². The van der Waals surface area contributed by atoms with Gasteiger partial charge in [0, 0.05) is 30.0 Å². The molecule has 1 aliphatic rings. The Kier molecular flexibility index (Phi) is 3.87. The van der Waals surface area contributed by atoms with Crippen LogP contribution >= 0.6 is 11.3 Å². The minimum absolute atomic E-state index is 0.752. The van der Waals surface area contributed by atoms with Crippen molar-refractivity contribution in [1.29, 1.82) is 0 Å². The molecule has 0 saturated heterocycles. The van der Waals surface area contributed by atoms with Gasteiger partial charge in [-0.2, -0.15) is 5.10 Å². The van der Waals surface area contributed by atoms with Crippen molar-refractivity contribution in [3.05, 3.63) is 52.4 Å². The summed E-state index contributed by atoms with van der Waals surface area (Å²) < 4.78 is 5.27. The van der Waals surface area contributed by atoms with E-state index in [4.69, 9.17) is 4.42 Å². The standard InChI is InChI=1S/C16H15N5OS/c1-3-12(4-2-11(1)14-7-18-10-22-14)21-19-9-16-20-13-5-6-17-8-15(13)23-16/h1-4,7,9-10,17,21H,5-6,8H2/b19-9+. The number of hydrogen-bond donors (Lipinski definition) is 2. The second-order valence-corrected chi connectivity index (χ2v) is 6.28. The molecule has 6 nitrogen and oxygen atoms in total. The highest BCUT2D eigenvalue weighted by Gasteiger charge is 2.13. The molecule has 1 aliphatic heterocycles. The lowest BCUT2D eigenvalue weighted by atomic mass is 10.2. The number of hydrogen-bond acceptors (Lipinski definition) is 7. The molecule has 2 aromatic heterocycles. The van der Waals surface area contributed by atoms with Crippen LogP contribution in [-0.2, 0) is 13.0 Å². The maximum absolute atomic E-state index is 5.27. The number of hydrazone groups is 1. The number of nitrogens with zero attached hydrogens (tertiary/aromatic N) is 3. The van der Waals surface area contributed by atoms with E-state index in [1.165, 1.54) is 17.0 Å². The number of anilines is 1. The van der Waals surface area contributed by atoms with Gasteiger partial charge in [0.1, 0.15) is 5.01 Å². The summed E-state index contributed by atoms with van der Waals surface area (Å²) in [6.07, 6.45) is 5.89. The first kappa shape index (κ1) is 14.1. The average molecular weight is 325 g/mol. The van der Waals surface area contributed by atoms with Crippen molar-refractivity contribution in [3.8, 4) is 11.3 Å². The lowest BCUT2D eigenvalue weighted by Crippen LogP contribution is -2.22. The second kappa shape index (κ2) is 6.31. The molecule has 0 saturated carbocycles. The van der Waals surface area contributed by atoms with Crippen molar-refractivity contribution >= 4 is 23.2 Å². The summed E-state index contributed by atoms with van der Waals surface area (Å²) in [4.78, 5) is 9.83. The highest BCUT2D eigenvalue weighted by Crippen LogP contribution is 2.22. The van der Waals surface area contributed by atoms with Gasteiger partial charge in [-0.25, -0.2) is 9.97 Å². The van der Waals surface area contributed by atoms with Gasteiger partial charge in [-0.3, -0.25) is 5.43 Å². The van der Waals surface area contributed by atoms with Gasteiger partial charge in [-0.15, -0.1) is 11.3 Å². The summed E-state index contributed by atoms with van der Waals surface area (Å²) in [5, 5.41) is 8.55. The Morgan fingerprint density at radius 1 is 1.30 bits per heavy atom. The highest BCUT2D eigenvalue weighted by molar-refractivity contribution is 7.13. The summed E-state index contributed by atoms with van der Waals surface area (Å²) >= 11 is 1.69. The summed E-state index contributed by atoms with van der Waals surface area (Å²) in [6, 6.07) is 7.83. The number of oxazole rings is 1. The van der Waals surface area contributed by atoms with Gasteiger partial charge >= 0.3 is 0 Å². The summed E-state index contributed by atoms with van der Waals surface area (Å²) in [7, 11) is 0. The van der Waals surface area contributed by atoms with Crippen LogP contribution in [0.3, 0.4) is 0 Å². The van der Waals surface area contributed by atoms with E-state index in [0.717, 1.165) is 41.5 Å². The minimum atomic E-state index is 0.752. The van der Waals surface area contributed by atoms with E-state index in [0.29, 0.717) is 0 Å². The Morgan fingerprint density at radius 2 is 2.22 bits per heavy atom. The molecule has 0 amide bonds. The van der Waals surface area contributed by atoms with E-state index in [9.17, 15) is 0 Å². The third-order valence-corrected chi connectivity index (χ3v) is 4.62. The summed E-state index contributed by atoms with van der Waals surface area (Å²) in [5.41, 5.74) is 6.11. The van der Waals surface area contributed by atoms with E-state index in [2.05, 4.69) is 25.8 Å². The van der Waals surface area contributed by atoms with Crippen LogP contribution in [-0.4, -0.2) is 22.7 Å². The van der Waals surface area contributed by atoms with Crippen LogP contribution in [0.15, 0.2) is 46.4 Å². The Balaban J connectivity index is 1.41. The number of nitrogens with one attached hydrogen (secondary N) is 2. The van der Waals surface area contributed by atoms with Crippen molar-refractivity contribution in [2.75, 3.05) is 12.0 Å². The molecule has 7 heteroatoms. The molecule has 23 heavy (non-hydrogen) atoms. The summed E-state index contributed by atoms with van der Waals surface area (Å²) in [5.74, 6) is 0.752. The maximum atomic E-state index is 5.27. The van der Waals surface area contributed by atoms with Crippen LogP contribution in [0.1, 0.15) is 15.6 Å². The Hall–Kier alpha value is -2.51. The monoisotopic (exact) mass is 325 g/mol. The second-order valence-electron chi connectivity index (χ2n) is 5.16. The molecule has 0 fully saturated rings. The largest absolute Gasteiger partial charge is 0.444 e. The molecule has 0 spiro atoms. The first-order valence-electron chi connectivity index (χ1n) is 7.36. The topological polar surface area (TPSA) is 75.3 Å². The Bertz CT molecular complexity index is 784. The van der Waals surface area contributed by atoms with Crippen LogP contribution < -0.4 is 10.7 Å². The fourth-order valence-corrected chi connectivity index (χ4v) is 3.38. The fraction of sp³-hybridized carbons (Fsp3) is 0.188. The molecular weight excluding hydrogens is 310 g/mol. The van der Waals surface area contributed by atoms with Crippen molar-refractivity contribution in [2.45, 2.75) is 13.0 Å². The molecule has 0 radical (unpaired) electrons. The van der Waals surface area contributed by atoms with Crippen LogP contribution in [0.25, 0.3) is 11.3 Å². The number of fused-ring (bicyclic) bond motifs is 1. The quantitative estimate of drug-likeness (QED) is 0.570. The van der Waals surface area contributed by atoms with E-state index < -0.39 is 0 Å². The first-order valence-corrected chi connectivity index (χ1v) is 8.17. The lowest BCUT2D eigenvalue weighted by molar-refractivity contribution is 0.572. The zero-order valence-electron chi connectivity index (χ0n) is 12.3. The van der Waals surface area contributed by atoms with Crippen molar-refractivity contribution < 1.29 is 4.42 Å². The number of rotatable bonds is 4. The van der Waals surface area contributed by atoms with Crippen LogP contribution in [0.5, 0.6) is 0 Å². The Morgan fingerprint density at radius 3 is 3.00 bits per heavy atom. The van der Waals surface area contributed by atoms with Crippen LogP contribution in [0.4, 0.5) is 5.69 Å². The molecule has 0 atom stereocenters. The SMILES string of the molecule is C(=N\Nc1ccc(-c2cnco2)cc1)/c1nc2c(s1)CNCC2. The Labute approximate surface area is 137 Å². The molecule has 4 rings (SSSR count). The lowest BCUT2D eigenvalue weighted by Gasteiger charge is -2.09. The van der Waals surface area contributed by atoms with Crippen molar-refractivity contribution in [2.24, 2.45) is 5.10 Å². The zero-order valence-corrected chi connectivity index (χ0v) is 13.1. The summed E-state index contributed by atoms with van der Waals surface area (Å²) in [6.45, 7) is 1.92. The third kappa shape index (κ3) is 3.15. The molecular formula is C16H15N5OS. The van der Waals surface area contributed by atoms with E-state index in [-0.39, 0.29) is 0 Å². The molecule has 116 valence electrons. The zero-order chi connectivity index (χ0) is 15.5. The molecule has 0 bridgehead atoms. The van der Waals surface area contributed by atoms with Gasteiger partial charge in [0.25, 0.3) is 0 Å². The van der Waals surface area contributed by atoms with Crippen LogP contribution in [0.2, 0.25) is 0 Å². The van der Waals surface area contributed by atoms with E-state index in [1.807, 2.05) is 24.3 Å². The highest BCUT2D eigenvalue weighted by atomic mass is 32.1. The average Bonchev–Trinajstić information content (AvgIpc) is 3.25. The molecule has 0 unspecified atom stereocenters. The number of aromatic nitrogens is 2. The van der Waals surface area contributed by atoms with Gasteiger partial charge in [0.05, 0.1) is 23.8 Å². The molecule has 1 aromatic carbocycles. The normalized spacial score (nSPS) is 14.1. The number of thiazole rings is 1. The van der Waals surface area contributed by atoms with Crippen LogP contribution in [0, 0.1) is 0 Å². The predicted octanol–water partition coefficient (Wildman–Crippen LogP) is 2.89. The van der Waals surface area contributed by atoms with Gasteiger partial charge in [-0.05, 0) is 24.3 Å². The molecule has 3 aromatic rings. The molecule has 2 N–H and O–H groups in total. The van der Waals surface area contributed by atoms with Gasteiger partial charge in [-0.1, -0.05) is 0 Å². The minimum Gasteiger partial charge on any atom is -0.444 e. The van der Waals surface area contributed by atoms with Gasteiger partial charge < -0.3 is 9.73 Å². The third-order valence-electron chi connectivity index (χ3n) is 3.59. The first-order chi connectivity index (χ1) is 11.4. The van der Waals surface area contributed by atoms with Gasteiger partial charge in [0.15, 0.2) is 12.2 Å². The molecule has 3 heterocycles. The van der Waals surface area contributed by atoms with Crippen molar-refractivity contribution in [1.82, 2.24) is 15.3 Å². The van der Waals surface area contributed by atoms with Crippen molar-refractivity contribution in [3.63, 3.8) is 0 Å². The fourth-order valence-electron chi connectivity index (χ4n) is 2.43. The smallest absolute Gasteiger partial charge is 0.181 e. The number of benzene rings is 1. The maximum Gasteiger partial charge on any atom is 0.181 e. The van der Waals surface area contributed by atoms with E-state index >= 15 is 0 Å². The predicted molar refractivity (Wildman–Crippen MR) is 90.7 cm³/mol. The van der Waals surface area contributed by atoms with Gasteiger partial charge in [0.2, 0.25) is 0 Å².